The Morgan fingerprint density at radius 3 is 2.81 bits per heavy atom. The lowest BCUT2D eigenvalue weighted by Gasteiger charge is -2.22. The van der Waals surface area contributed by atoms with Crippen LogP contribution >= 0.6 is 0 Å². The van der Waals surface area contributed by atoms with E-state index in [-0.39, 0.29) is 17.9 Å². The zero-order valence-electron chi connectivity index (χ0n) is 15.3. The zero-order valence-corrected chi connectivity index (χ0v) is 15.3. The van der Waals surface area contributed by atoms with E-state index in [1.165, 1.54) is 0 Å². The van der Waals surface area contributed by atoms with E-state index in [9.17, 15) is 4.79 Å². The number of benzene rings is 2. The van der Waals surface area contributed by atoms with Gasteiger partial charge in [0.25, 0.3) is 0 Å². The van der Waals surface area contributed by atoms with Crippen molar-refractivity contribution in [3.8, 4) is 0 Å². The maximum absolute atomic E-state index is 12.8. The fourth-order valence-corrected chi connectivity index (χ4v) is 3.78. The monoisotopic (exact) mass is 348 g/mol. The van der Waals surface area contributed by atoms with Crippen molar-refractivity contribution in [1.82, 2.24) is 20.1 Å². The van der Waals surface area contributed by atoms with Crippen molar-refractivity contribution in [3.05, 3.63) is 59.7 Å². The third-order valence-electron chi connectivity index (χ3n) is 5.13. The van der Waals surface area contributed by atoms with E-state index in [0.29, 0.717) is 6.42 Å². The summed E-state index contributed by atoms with van der Waals surface area (Å²) in [6, 6.07) is 14.2. The normalized spacial score (nSPS) is 14.6. The van der Waals surface area contributed by atoms with Crippen LogP contribution in [0.5, 0.6) is 0 Å². The molecule has 0 bridgehead atoms. The van der Waals surface area contributed by atoms with Gasteiger partial charge in [-0.25, -0.2) is 0 Å². The molecular formula is C21H24N4O. The van der Waals surface area contributed by atoms with Crippen LogP contribution in [0.1, 0.15) is 43.5 Å². The quantitative estimate of drug-likeness (QED) is 0.768. The Morgan fingerprint density at radius 1 is 1.15 bits per heavy atom. The highest BCUT2D eigenvalue weighted by Crippen LogP contribution is 2.25. The largest absolute Gasteiger partial charge is 0.346 e. The number of aryl methyl sites for hydroxylation is 1. The molecule has 0 unspecified atom stereocenters. The minimum absolute atomic E-state index is 0.0235. The van der Waals surface area contributed by atoms with Crippen LogP contribution in [0.2, 0.25) is 0 Å². The molecule has 0 saturated carbocycles. The van der Waals surface area contributed by atoms with Crippen molar-refractivity contribution in [1.29, 1.82) is 0 Å². The zero-order chi connectivity index (χ0) is 18.1. The Bertz CT molecular complexity index is 939. The molecule has 5 heteroatoms. The van der Waals surface area contributed by atoms with Crippen LogP contribution in [0.3, 0.4) is 0 Å². The Labute approximate surface area is 153 Å². The van der Waals surface area contributed by atoms with Gasteiger partial charge in [-0.05, 0) is 28.7 Å². The van der Waals surface area contributed by atoms with Crippen molar-refractivity contribution in [2.75, 3.05) is 0 Å². The molecule has 2 heterocycles. The average molecular weight is 348 g/mol. The number of carbonyl (C=O) groups is 1. The van der Waals surface area contributed by atoms with Crippen molar-refractivity contribution < 1.29 is 4.79 Å². The van der Waals surface area contributed by atoms with Crippen molar-refractivity contribution >= 4 is 16.7 Å². The predicted molar refractivity (Wildman–Crippen MR) is 102 cm³/mol. The second kappa shape index (κ2) is 6.90. The summed E-state index contributed by atoms with van der Waals surface area (Å²) in [6.45, 7) is 5.17. The van der Waals surface area contributed by atoms with E-state index in [2.05, 4.69) is 52.1 Å². The third kappa shape index (κ3) is 3.09. The summed E-state index contributed by atoms with van der Waals surface area (Å²) < 4.78 is 2.17. The molecule has 26 heavy (non-hydrogen) atoms. The maximum Gasteiger partial charge on any atom is 0.225 e. The fourth-order valence-electron chi connectivity index (χ4n) is 3.78. The van der Waals surface area contributed by atoms with Crippen LogP contribution in [0.15, 0.2) is 42.5 Å². The summed E-state index contributed by atoms with van der Waals surface area (Å²) in [6.07, 6.45) is 2.44. The van der Waals surface area contributed by atoms with Gasteiger partial charge >= 0.3 is 0 Å². The predicted octanol–water partition coefficient (Wildman–Crippen LogP) is 3.43. The molecule has 4 rings (SSSR count). The standard InChI is InChI=1S/C21H24N4O/c1-14(2)20(21-24-23-18-11-6-12-25(18)21)22-19(26)13-16-9-5-8-15-7-3-4-10-17(15)16/h3-5,7-10,14,20H,6,11-13H2,1-2H3,(H,22,26)/t20-/m1/s1. The number of fused-ring (bicyclic) bond motifs is 2. The van der Waals surface area contributed by atoms with Gasteiger partial charge in [-0.2, -0.15) is 0 Å². The maximum atomic E-state index is 12.8. The highest BCUT2D eigenvalue weighted by atomic mass is 16.1. The van der Waals surface area contributed by atoms with Gasteiger partial charge < -0.3 is 9.88 Å². The van der Waals surface area contributed by atoms with Crippen molar-refractivity contribution in [2.45, 2.75) is 45.7 Å². The molecule has 1 aliphatic heterocycles. The van der Waals surface area contributed by atoms with E-state index in [4.69, 9.17) is 0 Å². The lowest BCUT2D eigenvalue weighted by atomic mass is 10.0. The second-order valence-electron chi connectivity index (χ2n) is 7.33. The number of carbonyl (C=O) groups excluding carboxylic acids is 1. The van der Waals surface area contributed by atoms with Gasteiger partial charge in [0, 0.05) is 13.0 Å². The van der Waals surface area contributed by atoms with Gasteiger partial charge in [0.1, 0.15) is 5.82 Å². The highest BCUT2D eigenvalue weighted by Gasteiger charge is 2.27. The minimum Gasteiger partial charge on any atom is -0.346 e. The van der Waals surface area contributed by atoms with Gasteiger partial charge in [0.15, 0.2) is 5.82 Å². The first-order valence-corrected chi connectivity index (χ1v) is 9.31. The number of nitrogens with one attached hydrogen (secondary N) is 1. The lowest BCUT2D eigenvalue weighted by Crippen LogP contribution is -2.34. The molecule has 0 saturated heterocycles. The summed E-state index contributed by atoms with van der Waals surface area (Å²) in [5.41, 5.74) is 1.05. The molecule has 0 spiro atoms. The van der Waals surface area contributed by atoms with Crippen LogP contribution in [0, 0.1) is 5.92 Å². The molecule has 2 aromatic carbocycles. The Hall–Kier alpha value is -2.69. The van der Waals surface area contributed by atoms with Crippen LogP contribution in [0.25, 0.3) is 10.8 Å². The summed E-state index contributed by atoms with van der Waals surface area (Å²) >= 11 is 0. The first-order valence-electron chi connectivity index (χ1n) is 9.31. The van der Waals surface area contributed by atoms with Crippen LogP contribution < -0.4 is 5.32 Å². The Balaban J connectivity index is 1.55. The molecule has 1 aliphatic rings. The van der Waals surface area contributed by atoms with E-state index in [1.54, 1.807) is 0 Å². The Kier molecular flexibility index (Phi) is 4.45. The van der Waals surface area contributed by atoms with Gasteiger partial charge in [0.05, 0.1) is 12.5 Å². The number of rotatable bonds is 5. The molecule has 3 aromatic rings. The van der Waals surface area contributed by atoms with E-state index < -0.39 is 0 Å². The third-order valence-corrected chi connectivity index (χ3v) is 5.13. The minimum atomic E-state index is -0.114. The topological polar surface area (TPSA) is 59.8 Å². The number of hydrogen-bond acceptors (Lipinski definition) is 3. The summed E-state index contributed by atoms with van der Waals surface area (Å²) in [5, 5.41) is 14.2. The van der Waals surface area contributed by atoms with E-state index >= 15 is 0 Å². The second-order valence-corrected chi connectivity index (χ2v) is 7.33. The first-order chi connectivity index (χ1) is 12.6. The molecule has 0 radical (unpaired) electrons. The van der Waals surface area contributed by atoms with Crippen LogP contribution in [0.4, 0.5) is 0 Å². The van der Waals surface area contributed by atoms with E-state index in [1.807, 2.05) is 24.3 Å². The number of aromatic nitrogens is 3. The van der Waals surface area contributed by atoms with Crippen LogP contribution in [-0.2, 0) is 24.2 Å². The molecule has 1 atom stereocenters. The molecule has 1 N–H and O–H groups in total. The number of nitrogens with zero attached hydrogens (tertiary/aromatic N) is 3. The fraction of sp³-hybridized carbons (Fsp3) is 0.381. The molecule has 5 nitrogen and oxygen atoms in total. The lowest BCUT2D eigenvalue weighted by molar-refractivity contribution is -0.121. The molecule has 1 amide bonds. The van der Waals surface area contributed by atoms with Crippen molar-refractivity contribution in [3.63, 3.8) is 0 Å². The van der Waals surface area contributed by atoms with Gasteiger partial charge in [-0.3, -0.25) is 4.79 Å². The first kappa shape index (κ1) is 16.8. The molecule has 1 aromatic heterocycles. The number of amides is 1. The Morgan fingerprint density at radius 2 is 1.96 bits per heavy atom. The van der Waals surface area contributed by atoms with Crippen LogP contribution in [-0.4, -0.2) is 20.7 Å². The van der Waals surface area contributed by atoms with Gasteiger partial charge in [-0.15, -0.1) is 10.2 Å². The number of hydrogen-bond donors (Lipinski definition) is 1. The van der Waals surface area contributed by atoms with E-state index in [0.717, 1.165) is 47.4 Å². The van der Waals surface area contributed by atoms with Gasteiger partial charge in [0.2, 0.25) is 5.91 Å². The molecule has 0 aliphatic carbocycles. The van der Waals surface area contributed by atoms with Gasteiger partial charge in [-0.1, -0.05) is 56.3 Å². The van der Waals surface area contributed by atoms with Crippen molar-refractivity contribution in [2.24, 2.45) is 5.92 Å². The summed E-state index contributed by atoms with van der Waals surface area (Å²) in [4.78, 5) is 12.8. The summed E-state index contributed by atoms with van der Waals surface area (Å²) in [5.74, 6) is 2.20. The molecular weight excluding hydrogens is 324 g/mol. The smallest absolute Gasteiger partial charge is 0.225 e. The molecule has 134 valence electrons. The summed E-state index contributed by atoms with van der Waals surface area (Å²) in [7, 11) is 0. The average Bonchev–Trinajstić information content (AvgIpc) is 3.24. The SMILES string of the molecule is CC(C)[C@@H](NC(=O)Cc1cccc2ccccc12)c1nnc2n1CCC2. The highest BCUT2D eigenvalue weighted by molar-refractivity contribution is 5.90. The molecule has 0 fully saturated rings.